The number of piperazine rings is 1. The number of aryl methyl sites for hydroxylation is 1. The smallest absolute Gasteiger partial charge is 0.236 e. The van der Waals surface area contributed by atoms with Gasteiger partial charge in [-0.2, -0.15) is 0 Å². The summed E-state index contributed by atoms with van der Waals surface area (Å²) in [7, 11) is 1.89. The second-order valence-electron chi connectivity index (χ2n) is 7.29. The van der Waals surface area contributed by atoms with E-state index in [1.807, 2.05) is 24.1 Å². The van der Waals surface area contributed by atoms with Crippen molar-refractivity contribution in [2.24, 2.45) is 0 Å². The van der Waals surface area contributed by atoms with E-state index in [1.165, 1.54) is 16.1 Å². The summed E-state index contributed by atoms with van der Waals surface area (Å²) in [6.45, 7) is 6.82. The zero-order chi connectivity index (χ0) is 20.1. The zero-order valence-corrected chi connectivity index (χ0v) is 18.4. The lowest BCUT2D eigenvalue weighted by Gasteiger charge is -2.37. The van der Waals surface area contributed by atoms with E-state index in [0.29, 0.717) is 13.1 Å². The van der Waals surface area contributed by atoms with Gasteiger partial charge >= 0.3 is 0 Å². The van der Waals surface area contributed by atoms with Crippen LogP contribution in [0.3, 0.4) is 0 Å². The minimum Gasteiger partial charge on any atom is -0.369 e. The Kier molecular flexibility index (Phi) is 7.27. The number of hydrogen-bond donors (Lipinski definition) is 0. The summed E-state index contributed by atoms with van der Waals surface area (Å²) in [5.41, 5.74) is 3.60. The highest BCUT2D eigenvalue weighted by Gasteiger charge is 2.21. The average Bonchev–Trinajstić information content (AvgIpc) is 2.71. The predicted octanol–water partition coefficient (Wildman–Crippen LogP) is 4.15. The maximum absolute atomic E-state index is 12.6. The number of anilines is 1. The van der Waals surface area contributed by atoms with Crippen molar-refractivity contribution in [1.29, 1.82) is 0 Å². The molecule has 1 amide bonds. The van der Waals surface area contributed by atoms with E-state index in [-0.39, 0.29) is 5.91 Å². The van der Waals surface area contributed by atoms with E-state index < -0.39 is 0 Å². The van der Waals surface area contributed by atoms with Crippen molar-refractivity contribution in [3.05, 3.63) is 58.6 Å². The first-order valence-corrected chi connectivity index (χ1v) is 11.2. The number of carbonyl (C=O) groups excluding carboxylic acids is 1. The lowest BCUT2D eigenvalue weighted by atomic mass is 10.1. The molecule has 1 saturated heterocycles. The SMILES string of the molecule is CSc1ccc(CN(C)C(=O)CN2CCN(c3cc(Cl)ccc3C)CC2)cc1. The molecule has 0 saturated carbocycles. The first-order valence-electron chi connectivity index (χ1n) is 9.56. The van der Waals surface area contributed by atoms with Crippen molar-refractivity contribution in [3.8, 4) is 0 Å². The van der Waals surface area contributed by atoms with E-state index >= 15 is 0 Å². The van der Waals surface area contributed by atoms with Crippen molar-refractivity contribution >= 4 is 35.0 Å². The maximum atomic E-state index is 12.6. The molecule has 0 bridgehead atoms. The van der Waals surface area contributed by atoms with Crippen LogP contribution in [0.15, 0.2) is 47.4 Å². The van der Waals surface area contributed by atoms with Crippen LogP contribution in [-0.2, 0) is 11.3 Å². The molecule has 0 aromatic heterocycles. The fraction of sp³-hybridized carbons (Fsp3) is 0.409. The Morgan fingerprint density at radius 3 is 2.43 bits per heavy atom. The fourth-order valence-electron chi connectivity index (χ4n) is 3.48. The summed E-state index contributed by atoms with van der Waals surface area (Å²) in [4.78, 5) is 20.3. The van der Waals surface area contributed by atoms with Crippen LogP contribution >= 0.6 is 23.4 Å². The van der Waals surface area contributed by atoms with Crippen molar-refractivity contribution < 1.29 is 4.79 Å². The normalized spacial score (nSPS) is 14.9. The third kappa shape index (κ3) is 5.43. The van der Waals surface area contributed by atoms with Gasteiger partial charge in [0.2, 0.25) is 5.91 Å². The fourth-order valence-corrected chi connectivity index (χ4v) is 4.05. The minimum atomic E-state index is 0.168. The summed E-state index contributed by atoms with van der Waals surface area (Å²) in [5, 5.41) is 0.769. The highest BCUT2D eigenvalue weighted by Crippen LogP contribution is 2.25. The lowest BCUT2D eigenvalue weighted by Crippen LogP contribution is -2.49. The van der Waals surface area contributed by atoms with Gasteiger partial charge < -0.3 is 9.80 Å². The predicted molar refractivity (Wildman–Crippen MR) is 120 cm³/mol. The molecule has 0 atom stereocenters. The number of thioether (sulfide) groups is 1. The van der Waals surface area contributed by atoms with Gasteiger partial charge in [0.25, 0.3) is 0 Å². The minimum absolute atomic E-state index is 0.168. The van der Waals surface area contributed by atoms with Crippen LogP contribution in [0, 0.1) is 6.92 Å². The Bertz CT molecular complexity index is 804. The van der Waals surface area contributed by atoms with Crippen molar-refractivity contribution in [2.45, 2.75) is 18.4 Å². The number of hydrogen-bond acceptors (Lipinski definition) is 4. The van der Waals surface area contributed by atoms with E-state index in [9.17, 15) is 4.79 Å². The molecule has 2 aromatic rings. The molecule has 2 aromatic carbocycles. The summed E-state index contributed by atoms with van der Waals surface area (Å²) in [6, 6.07) is 14.4. The third-order valence-corrected chi connectivity index (χ3v) is 6.23. The topological polar surface area (TPSA) is 26.8 Å². The van der Waals surface area contributed by atoms with Crippen LogP contribution in [0.2, 0.25) is 5.02 Å². The second-order valence-corrected chi connectivity index (χ2v) is 8.61. The van der Waals surface area contributed by atoms with E-state index in [0.717, 1.165) is 36.8 Å². The van der Waals surface area contributed by atoms with Crippen LogP contribution in [0.1, 0.15) is 11.1 Å². The van der Waals surface area contributed by atoms with Gasteiger partial charge in [-0.25, -0.2) is 0 Å². The number of benzene rings is 2. The summed E-state index contributed by atoms with van der Waals surface area (Å²) >= 11 is 7.89. The lowest BCUT2D eigenvalue weighted by molar-refractivity contribution is -0.131. The number of amides is 1. The summed E-state index contributed by atoms with van der Waals surface area (Å²) in [5.74, 6) is 0.168. The second kappa shape index (κ2) is 9.68. The molecule has 28 heavy (non-hydrogen) atoms. The molecule has 150 valence electrons. The molecule has 6 heteroatoms. The molecule has 0 unspecified atom stereocenters. The molecule has 1 aliphatic heterocycles. The number of nitrogens with zero attached hydrogens (tertiary/aromatic N) is 3. The van der Waals surface area contributed by atoms with Gasteiger partial charge in [0.05, 0.1) is 6.54 Å². The molecule has 0 aliphatic carbocycles. The van der Waals surface area contributed by atoms with Gasteiger partial charge in [0.15, 0.2) is 0 Å². The molecule has 1 heterocycles. The molecule has 0 spiro atoms. The Morgan fingerprint density at radius 1 is 1.11 bits per heavy atom. The molecule has 1 aliphatic rings. The van der Waals surface area contributed by atoms with Crippen molar-refractivity contribution in [2.75, 3.05) is 50.9 Å². The Labute approximate surface area is 177 Å². The first-order chi connectivity index (χ1) is 13.5. The van der Waals surface area contributed by atoms with Crippen LogP contribution in [-0.4, -0.2) is 61.7 Å². The largest absolute Gasteiger partial charge is 0.369 e. The quantitative estimate of drug-likeness (QED) is 0.659. The molecule has 1 fully saturated rings. The summed E-state index contributed by atoms with van der Waals surface area (Å²) in [6.07, 6.45) is 2.07. The average molecular weight is 418 g/mol. The van der Waals surface area contributed by atoms with E-state index in [4.69, 9.17) is 11.6 Å². The van der Waals surface area contributed by atoms with Gasteiger partial charge in [-0.3, -0.25) is 9.69 Å². The maximum Gasteiger partial charge on any atom is 0.236 e. The monoisotopic (exact) mass is 417 g/mol. The number of likely N-dealkylation sites (N-methyl/N-ethyl adjacent to an activating group) is 1. The Hall–Kier alpha value is -1.69. The molecular formula is C22H28ClN3OS. The van der Waals surface area contributed by atoms with Crippen molar-refractivity contribution in [3.63, 3.8) is 0 Å². The van der Waals surface area contributed by atoms with Gasteiger partial charge in [0.1, 0.15) is 0 Å². The number of rotatable bonds is 6. The molecule has 4 nitrogen and oxygen atoms in total. The highest BCUT2D eigenvalue weighted by atomic mass is 35.5. The van der Waals surface area contributed by atoms with Crippen molar-refractivity contribution in [1.82, 2.24) is 9.80 Å². The van der Waals surface area contributed by atoms with Crippen LogP contribution in [0.25, 0.3) is 0 Å². The first kappa shape index (κ1) is 21.0. The van der Waals surface area contributed by atoms with Gasteiger partial charge in [-0.05, 0) is 48.6 Å². The van der Waals surface area contributed by atoms with Crippen LogP contribution < -0.4 is 4.90 Å². The zero-order valence-electron chi connectivity index (χ0n) is 16.8. The Balaban J connectivity index is 1.49. The number of carbonyl (C=O) groups is 1. The third-order valence-electron chi connectivity index (χ3n) is 5.25. The molecule has 3 rings (SSSR count). The van der Waals surface area contributed by atoms with Gasteiger partial charge in [-0.1, -0.05) is 29.8 Å². The molecule has 0 N–H and O–H groups in total. The van der Waals surface area contributed by atoms with E-state index in [1.54, 1.807) is 11.8 Å². The number of halogens is 1. The summed E-state index contributed by atoms with van der Waals surface area (Å²) < 4.78 is 0. The molecular weight excluding hydrogens is 390 g/mol. The van der Waals surface area contributed by atoms with Gasteiger partial charge in [0, 0.05) is 55.4 Å². The Morgan fingerprint density at radius 2 is 1.79 bits per heavy atom. The van der Waals surface area contributed by atoms with Crippen LogP contribution in [0.4, 0.5) is 5.69 Å². The van der Waals surface area contributed by atoms with Crippen LogP contribution in [0.5, 0.6) is 0 Å². The standard InChI is InChI=1S/C22H28ClN3OS/c1-17-4-7-19(23)14-21(17)26-12-10-25(11-13-26)16-22(27)24(2)15-18-5-8-20(28-3)9-6-18/h4-9,14H,10-13,15-16H2,1-3H3. The van der Waals surface area contributed by atoms with Gasteiger partial charge in [-0.15, -0.1) is 11.8 Å². The molecule has 0 radical (unpaired) electrons. The van der Waals surface area contributed by atoms with E-state index in [2.05, 4.69) is 53.3 Å². The highest BCUT2D eigenvalue weighted by molar-refractivity contribution is 7.98.